The van der Waals surface area contributed by atoms with Gasteiger partial charge < -0.3 is 24.6 Å². The fraction of sp³-hybridized carbons (Fsp3) is 0.690. The molecule has 8 nitrogen and oxygen atoms in total. The molecule has 2 saturated carbocycles. The Balaban J connectivity index is 2.05. The maximum absolute atomic E-state index is 14.0. The summed E-state index contributed by atoms with van der Waals surface area (Å²) in [6.45, 7) is 17.1. The van der Waals surface area contributed by atoms with Crippen LogP contribution < -0.4 is 5.32 Å². The van der Waals surface area contributed by atoms with Crippen molar-refractivity contribution in [2.45, 2.75) is 103 Å². The van der Waals surface area contributed by atoms with Gasteiger partial charge in [-0.05, 0) is 93.0 Å². The van der Waals surface area contributed by atoms with Gasteiger partial charge in [-0.15, -0.1) is 11.8 Å². The number of benzene rings is 1. The van der Waals surface area contributed by atoms with Crippen molar-refractivity contribution in [3.05, 3.63) is 29.6 Å². The minimum Gasteiger partial charge on any atom is -0.460 e. The Morgan fingerprint density at radius 1 is 0.974 bits per heavy atom. The largest absolute Gasteiger partial charge is 0.460 e. The van der Waals surface area contributed by atoms with Crippen LogP contribution in [0.3, 0.4) is 0 Å². The summed E-state index contributed by atoms with van der Waals surface area (Å²) in [6.07, 6.45) is -1.98. The van der Waals surface area contributed by atoms with Gasteiger partial charge in [0.2, 0.25) is 0 Å². The number of rotatable bonds is 6. The summed E-state index contributed by atoms with van der Waals surface area (Å²) in [5.74, 6) is -4.46. The van der Waals surface area contributed by atoms with Crippen molar-refractivity contribution in [1.29, 1.82) is 0 Å². The maximum Gasteiger partial charge on any atom is 0.408 e. The van der Waals surface area contributed by atoms with E-state index in [0.717, 1.165) is 4.90 Å². The van der Waals surface area contributed by atoms with Gasteiger partial charge in [0.25, 0.3) is 0 Å². The summed E-state index contributed by atoms with van der Waals surface area (Å²) < 4.78 is 30.8. The first-order valence-electron chi connectivity index (χ1n) is 13.2. The number of halogens is 1. The molecule has 0 spiro atoms. The van der Waals surface area contributed by atoms with E-state index in [1.807, 2.05) is 0 Å². The van der Waals surface area contributed by atoms with Crippen LogP contribution in [-0.2, 0) is 23.8 Å². The van der Waals surface area contributed by atoms with Crippen molar-refractivity contribution < 1.29 is 38.1 Å². The average Bonchev–Trinajstić information content (AvgIpc) is 3.42. The molecule has 218 valence electrons. The molecule has 2 aliphatic carbocycles. The predicted molar refractivity (Wildman–Crippen MR) is 146 cm³/mol. The average molecular weight is 568 g/mol. The van der Waals surface area contributed by atoms with E-state index in [9.17, 15) is 23.9 Å². The molecule has 1 aromatic rings. The number of ether oxygens (including phenoxy) is 3. The second-order valence-electron chi connectivity index (χ2n) is 13.5. The van der Waals surface area contributed by atoms with Crippen LogP contribution in [0.1, 0.15) is 67.9 Å². The number of carbonyl (C=O) groups is 3. The Morgan fingerprint density at radius 2 is 1.54 bits per heavy atom. The van der Waals surface area contributed by atoms with Gasteiger partial charge in [-0.25, -0.2) is 14.0 Å². The molecule has 2 aliphatic rings. The number of thioether (sulfide) groups is 1. The zero-order valence-corrected chi connectivity index (χ0v) is 25.3. The first kappa shape index (κ1) is 31.2. The van der Waals surface area contributed by atoms with E-state index in [0.29, 0.717) is 5.56 Å². The van der Waals surface area contributed by atoms with Gasteiger partial charge in [0.15, 0.2) is 5.54 Å². The summed E-state index contributed by atoms with van der Waals surface area (Å²) >= 11 is 1.32. The summed E-state index contributed by atoms with van der Waals surface area (Å²) in [5.41, 5.74) is -3.85. The topological polar surface area (TPSA) is 111 Å². The molecule has 6 unspecified atom stereocenters. The van der Waals surface area contributed by atoms with Gasteiger partial charge >= 0.3 is 18.0 Å². The lowest BCUT2D eigenvalue weighted by molar-refractivity contribution is -0.169. The van der Waals surface area contributed by atoms with E-state index >= 15 is 0 Å². The monoisotopic (exact) mass is 567 g/mol. The number of aliphatic hydroxyl groups excluding tert-OH is 1. The molecule has 39 heavy (non-hydrogen) atoms. The van der Waals surface area contributed by atoms with Crippen LogP contribution in [0.5, 0.6) is 0 Å². The van der Waals surface area contributed by atoms with Gasteiger partial charge in [0, 0.05) is 28.4 Å². The number of alkyl carbamates (subject to hydrolysis) is 1. The number of fused-ring (bicyclic) bond motifs is 1. The number of carbonyl (C=O) groups excluding carboxylic acids is 3. The second kappa shape index (κ2) is 10.6. The fourth-order valence-electron chi connectivity index (χ4n) is 5.28. The smallest absolute Gasteiger partial charge is 0.408 e. The zero-order chi connectivity index (χ0) is 29.7. The Bertz CT molecular complexity index is 1120. The van der Waals surface area contributed by atoms with Crippen LogP contribution >= 0.6 is 11.8 Å². The summed E-state index contributed by atoms with van der Waals surface area (Å²) in [5, 5.41) is 14.3. The molecule has 2 fully saturated rings. The first-order chi connectivity index (χ1) is 17.7. The molecule has 1 amide bonds. The molecule has 1 aromatic carbocycles. The quantitative estimate of drug-likeness (QED) is 0.280. The van der Waals surface area contributed by atoms with Crippen molar-refractivity contribution in [3.8, 4) is 0 Å². The number of aryl methyl sites for hydroxylation is 1. The SMILES string of the molecule is Cc1cc(SCC2C(O)C3C(C(=O)OC(C)(C)C)C3C2(NC(=O)OC(C)(C)C)C(=O)OC(C)(C)C)ccc1F. The highest BCUT2D eigenvalue weighted by Crippen LogP contribution is 2.66. The standard InChI is InChI=1S/C29H42FNO7S/c1-15-13-16(11-12-18(15)30)39-14-17-22(32)19-20(23(33)36-26(2,3)4)21(19)29(17,24(34)37-27(5,6)7)31-25(35)38-28(8,9)10/h11-13,17,19-22,32H,14H2,1-10H3,(H,31,35). The minimum atomic E-state index is -1.76. The van der Waals surface area contributed by atoms with Crippen molar-refractivity contribution in [2.75, 3.05) is 5.75 Å². The molecule has 0 aliphatic heterocycles. The number of nitrogens with one attached hydrogen (secondary N) is 1. The van der Waals surface area contributed by atoms with Crippen LogP contribution in [0, 0.1) is 36.4 Å². The van der Waals surface area contributed by atoms with E-state index in [1.165, 1.54) is 17.8 Å². The molecule has 0 bridgehead atoms. The predicted octanol–water partition coefficient (Wildman–Crippen LogP) is 5.03. The van der Waals surface area contributed by atoms with Gasteiger partial charge in [-0.1, -0.05) is 0 Å². The molecule has 10 heteroatoms. The third-order valence-electron chi connectivity index (χ3n) is 6.67. The molecular weight excluding hydrogens is 525 g/mol. The summed E-state index contributed by atoms with van der Waals surface area (Å²) in [4.78, 5) is 41.1. The molecule has 3 rings (SSSR count). The molecule has 2 N–H and O–H groups in total. The highest BCUT2D eigenvalue weighted by Gasteiger charge is 2.80. The summed E-state index contributed by atoms with van der Waals surface area (Å²) in [6, 6.07) is 4.66. The molecule has 0 aromatic heterocycles. The van der Waals surface area contributed by atoms with Crippen molar-refractivity contribution in [2.24, 2.45) is 23.7 Å². The number of hydrogen-bond acceptors (Lipinski definition) is 8. The third kappa shape index (κ3) is 7.06. The Labute approximate surface area is 234 Å². The molecule has 0 saturated heterocycles. The molecule has 6 atom stereocenters. The number of hydrogen-bond donors (Lipinski definition) is 2. The van der Waals surface area contributed by atoms with Crippen LogP contribution in [0.15, 0.2) is 23.1 Å². The maximum atomic E-state index is 14.0. The van der Waals surface area contributed by atoms with Gasteiger partial charge in [0.1, 0.15) is 22.6 Å². The zero-order valence-electron chi connectivity index (χ0n) is 24.5. The van der Waals surface area contributed by atoms with Gasteiger partial charge in [-0.2, -0.15) is 0 Å². The van der Waals surface area contributed by atoms with Crippen LogP contribution in [0.2, 0.25) is 0 Å². The number of aliphatic hydroxyl groups is 1. The summed E-state index contributed by atoms with van der Waals surface area (Å²) in [7, 11) is 0. The molecule has 0 heterocycles. The Kier molecular flexibility index (Phi) is 8.46. The highest BCUT2D eigenvalue weighted by molar-refractivity contribution is 7.99. The number of amides is 1. The Morgan fingerprint density at radius 3 is 2.05 bits per heavy atom. The van der Waals surface area contributed by atoms with E-state index in [4.69, 9.17) is 14.2 Å². The van der Waals surface area contributed by atoms with Gasteiger partial charge in [-0.3, -0.25) is 4.79 Å². The van der Waals surface area contributed by atoms with E-state index in [2.05, 4.69) is 5.32 Å². The third-order valence-corrected chi connectivity index (χ3v) is 7.79. The fourth-order valence-corrected chi connectivity index (χ4v) is 6.53. The normalized spacial score (nSPS) is 28.4. The van der Waals surface area contributed by atoms with Gasteiger partial charge in [0.05, 0.1) is 12.0 Å². The minimum absolute atomic E-state index is 0.190. The lowest BCUT2D eigenvalue weighted by Gasteiger charge is -2.40. The van der Waals surface area contributed by atoms with Crippen LogP contribution in [0.25, 0.3) is 0 Å². The van der Waals surface area contributed by atoms with E-state index in [-0.39, 0.29) is 11.6 Å². The second-order valence-corrected chi connectivity index (χ2v) is 14.6. The van der Waals surface area contributed by atoms with Crippen LogP contribution in [-0.4, -0.2) is 57.3 Å². The molecular formula is C29H42FNO7S. The molecule has 0 radical (unpaired) electrons. The number of esters is 2. The first-order valence-corrected chi connectivity index (χ1v) is 14.2. The lowest BCUT2D eigenvalue weighted by atomic mass is 9.80. The lowest BCUT2D eigenvalue weighted by Crippen LogP contribution is -2.64. The van der Waals surface area contributed by atoms with Crippen molar-refractivity contribution in [3.63, 3.8) is 0 Å². The van der Waals surface area contributed by atoms with Crippen molar-refractivity contribution >= 4 is 29.8 Å². The Hall–Kier alpha value is -2.33. The highest BCUT2D eigenvalue weighted by atomic mass is 32.2. The van der Waals surface area contributed by atoms with Crippen LogP contribution in [0.4, 0.5) is 9.18 Å². The van der Waals surface area contributed by atoms with E-state index < -0.39 is 70.1 Å². The van der Waals surface area contributed by atoms with E-state index in [1.54, 1.807) is 81.4 Å². The van der Waals surface area contributed by atoms with Crippen molar-refractivity contribution in [1.82, 2.24) is 5.32 Å².